The van der Waals surface area contributed by atoms with Crippen LogP contribution in [0.1, 0.15) is 23.7 Å². The van der Waals surface area contributed by atoms with Gasteiger partial charge in [-0.25, -0.2) is 4.98 Å². The standard InChI is InChI=1S/C13H13F3N2OS/c1-2-9-7-20-12(18-9)19-11-4-3-8(6-17)5-10(11)13(14,15)16/h3-5,7H,2,6,17H2,1H3. The first kappa shape index (κ1) is 14.8. The van der Waals surface area contributed by atoms with E-state index >= 15 is 0 Å². The average Bonchev–Trinajstić information content (AvgIpc) is 2.85. The third-order valence-electron chi connectivity index (χ3n) is 2.68. The van der Waals surface area contributed by atoms with Crippen LogP contribution >= 0.6 is 11.3 Å². The normalized spacial score (nSPS) is 11.7. The molecule has 0 aliphatic rings. The fourth-order valence-electron chi connectivity index (χ4n) is 1.61. The van der Waals surface area contributed by atoms with Crippen molar-refractivity contribution in [3.8, 4) is 10.9 Å². The molecule has 0 bridgehead atoms. The second-order valence-electron chi connectivity index (χ2n) is 4.09. The van der Waals surface area contributed by atoms with Crippen LogP contribution < -0.4 is 10.5 Å². The van der Waals surface area contributed by atoms with Gasteiger partial charge in [-0.1, -0.05) is 24.3 Å². The molecule has 2 N–H and O–H groups in total. The summed E-state index contributed by atoms with van der Waals surface area (Å²) in [5.74, 6) is -0.258. The molecule has 0 fully saturated rings. The number of ether oxygens (including phenoxy) is 1. The largest absolute Gasteiger partial charge is 0.430 e. The molecule has 0 saturated carbocycles. The van der Waals surface area contributed by atoms with Gasteiger partial charge in [0.15, 0.2) is 0 Å². The molecule has 20 heavy (non-hydrogen) atoms. The summed E-state index contributed by atoms with van der Waals surface area (Å²) in [5.41, 5.74) is 5.72. The lowest BCUT2D eigenvalue weighted by atomic mass is 10.1. The minimum Gasteiger partial charge on any atom is -0.430 e. The van der Waals surface area contributed by atoms with Crippen molar-refractivity contribution in [1.29, 1.82) is 0 Å². The van der Waals surface area contributed by atoms with E-state index in [9.17, 15) is 13.2 Å². The first-order chi connectivity index (χ1) is 9.44. The number of nitrogens with two attached hydrogens (primary N) is 1. The lowest BCUT2D eigenvalue weighted by molar-refractivity contribution is -0.138. The Morgan fingerprint density at radius 3 is 2.65 bits per heavy atom. The summed E-state index contributed by atoms with van der Waals surface area (Å²) in [5, 5.41) is 1.96. The van der Waals surface area contributed by atoms with E-state index in [0.717, 1.165) is 11.8 Å². The van der Waals surface area contributed by atoms with Crippen molar-refractivity contribution >= 4 is 11.3 Å². The highest BCUT2D eigenvalue weighted by Gasteiger charge is 2.35. The third kappa shape index (κ3) is 3.29. The lowest BCUT2D eigenvalue weighted by Crippen LogP contribution is -2.09. The minimum absolute atomic E-state index is 0.0423. The first-order valence-corrected chi connectivity index (χ1v) is 6.84. The molecular weight excluding hydrogens is 289 g/mol. The van der Waals surface area contributed by atoms with Crippen molar-refractivity contribution in [1.82, 2.24) is 4.98 Å². The molecule has 1 aromatic heterocycles. The second kappa shape index (κ2) is 5.80. The molecule has 1 heterocycles. The molecule has 108 valence electrons. The van der Waals surface area contributed by atoms with Crippen molar-refractivity contribution in [2.24, 2.45) is 5.73 Å². The summed E-state index contributed by atoms with van der Waals surface area (Å²) in [6, 6.07) is 3.79. The van der Waals surface area contributed by atoms with Crippen LogP contribution in [0, 0.1) is 0 Å². The Morgan fingerprint density at radius 2 is 2.10 bits per heavy atom. The maximum atomic E-state index is 13.0. The van der Waals surface area contributed by atoms with Gasteiger partial charge >= 0.3 is 6.18 Å². The van der Waals surface area contributed by atoms with Gasteiger partial charge in [0, 0.05) is 11.9 Å². The van der Waals surface area contributed by atoms with Crippen LogP contribution in [0.4, 0.5) is 13.2 Å². The smallest absolute Gasteiger partial charge is 0.419 e. The summed E-state index contributed by atoms with van der Waals surface area (Å²) in [6.45, 7) is 1.95. The molecule has 0 unspecified atom stereocenters. The lowest BCUT2D eigenvalue weighted by Gasteiger charge is -2.13. The second-order valence-corrected chi connectivity index (χ2v) is 4.91. The fraction of sp³-hybridized carbons (Fsp3) is 0.308. The number of alkyl halides is 3. The first-order valence-electron chi connectivity index (χ1n) is 5.96. The Morgan fingerprint density at radius 1 is 1.35 bits per heavy atom. The molecular formula is C13H13F3N2OS. The summed E-state index contributed by atoms with van der Waals surface area (Å²) >= 11 is 1.17. The molecule has 0 atom stereocenters. The van der Waals surface area contributed by atoms with Gasteiger partial charge in [0.05, 0.1) is 11.3 Å². The molecule has 2 rings (SSSR count). The summed E-state index contributed by atoms with van der Waals surface area (Å²) in [6.07, 6.45) is -3.79. The predicted molar refractivity (Wildman–Crippen MR) is 70.9 cm³/mol. The molecule has 0 spiro atoms. The number of thiazole rings is 1. The quantitative estimate of drug-likeness (QED) is 0.929. The van der Waals surface area contributed by atoms with Crippen molar-refractivity contribution in [3.63, 3.8) is 0 Å². The Labute approximate surface area is 118 Å². The molecule has 0 radical (unpaired) electrons. The highest BCUT2D eigenvalue weighted by molar-refractivity contribution is 7.11. The molecule has 7 heteroatoms. The van der Waals surface area contributed by atoms with Crippen LogP contribution in [-0.4, -0.2) is 4.98 Å². The molecule has 3 nitrogen and oxygen atoms in total. The topological polar surface area (TPSA) is 48.1 Å². The van der Waals surface area contributed by atoms with Crippen molar-refractivity contribution < 1.29 is 17.9 Å². The van der Waals surface area contributed by atoms with E-state index in [1.165, 1.54) is 23.5 Å². The van der Waals surface area contributed by atoms with E-state index in [0.29, 0.717) is 12.0 Å². The summed E-state index contributed by atoms with van der Waals surface area (Å²) < 4.78 is 44.3. The van der Waals surface area contributed by atoms with E-state index in [1.807, 2.05) is 6.92 Å². The molecule has 0 aliphatic heterocycles. The summed E-state index contributed by atoms with van der Waals surface area (Å²) in [4.78, 5) is 4.09. The number of rotatable bonds is 4. The number of benzene rings is 1. The fourth-order valence-corrected chi connectivity index (χ4v) is 2.37. The number of halogens is 3. The Bertz CT molecular complexity index is 596. The predicted octanol–water partition coefficient (Wildman–Crippen LogP) is 3.98. The van der Waals surface area contributed by atoms with E-state index in [4.69, 9.17) is 10.5 Å². The van der Waals surface area contributed by atoms with Crippen molar-refractivity contribution in [3.05, 3.63) is 40.4 Å². The highest BCUT2D eigenvalue weighted by atomic mass is 32.1. The van der Waals surface area contributed by atoms with Crippen LogP contribution in [0.5, 0.6) is 10.9 Å². The maximum Gasteiger partial charge on any atom is 0.419 e. The number of hydrogen-bond acceptors (Lipinski definition) is 4. The minimum atomic E-state index is -4.49. The number of aryl methyl sites for hydroxylation is 1. The number of aromatic nitrogens is 1. The Balaban J connectivity index is 2.35. The molecule has 0 saturated heterocycles. The third-order valence-corrected chi connectivity index (χ3v) is 3.44. The average molecular weight is 302 g/mol. The molecule has 0 aliphatic carbocycles. The zero-order valence-electron chi connectivity index (χ0n) is 10.7. The van der Waals surface area contributed by atoms with E-state index in [2.05, 4.69) is 4.98 Å². The van der Waals surface area contributed by atoms with E-state index in [1.54, 1.807) is 5.38 Å². The van der Waals surface area contributed by atoms with Crippen LogP contribution in [-0.2, 0) is 19.1 Å². The van der Waals surface area contributed by atoms with Crippen LogP contribution in [0.3, 0.4) is 0 Å². The van der Waals surface area contributed by atoms with Crippen molar-refractivity contribution in [2.75, 3.05) is 0 Å². The van der Waals surface area contributed by atoms with Gasteiger partial charge in [-0.2, -0.15) is 13.2 Å². The van der Waals surface area contributed by atoms with Crippen LogP contribution in [0.25, 0.3) is 0 Å². The maximum absolute atomic E-state index is 13.0. The SMILES string of the molecule is CCc1csc(Oc2ccc(CN)cc2C(F)(F)F)n1. The van der Waals surface area contributed by atoms with Gasteiger partial charge < -0.3 is 10.5 Å². The van der Waals surface area contributed by atoms with E-state index in [-0.39, 0.29) is 17.5 Å². The van der Waals surface area contributed by atoms with Gasteiger partial charge in [-0.05, 0) is 24.1 Å². The van der Waals surface area contributed by atoms with Gasteiger partial charge in [0.25, 0.3) is 5.19 Å². The van der Waals surface area contributed by atoms with Crippen LogP contribution in [0.15, 0.2) is 23.6 Å². The Hall–Kier alpha value is -1.60. The van der Waals surface area contributed by atoms with Gasteiger partial charge in [0.1, 0.15) is 5.75 Å². The van der Waals surface area contributed by atoms with E-state index < -0.39 is 11.7 Å². The number of hydrogen-bond donors (Lipinski definition) is 1. The molecule has 2 aromatic rings. The Kier molecular flexibility index (Phi) is 4.29. The number of nitrogens with zero attached hydrogens (tertiary/aromatic N) is 1. The molecule has 1 aromatic carbocycles. The van der Waals surface area contributed by atoms with Gasteiger partial charge in [-0.15, -0.1) is 0 Å². The van der Waals surface area contributed by atoms with Crippen molar-refractivity contribution in [2.45, 2.75) is 26.1 Å². The zero-order chi connectivity index (χ0) is 14.8. The molecule has 0 amide bonds. The summed E-state index contributed by atoms with van der Waals surface area (Å²) in [7, 11) is 0. The van der Waals surface area contributed by atoms with Crippen LogP contribution in [0.2, 0.25) is 0 Å². The zero-order valence-corrected chi connectivity index (χ0v) is 11.5. The van der Waals surface area contributed by atoms with Gasteiger partial charge in [-0.3, -0.25) is 0 Å². The highest BCUT2D eigenvalue weighted by Crippen LogP contribution is 2.39. The monoisotopic (exact) mass is 302 g/mol. The van der Waals surface area contributed by atoms with Gasteiger partial charge in [0.2, 0.25) is 0 Å².